The van der Waals surface area contributed by atoms with Gasteiger partial charge in [-0.25, -0.2) is 0 Å². The summed E-state index contributed by atoms with van der Waals surface area (Å²) in [6.07, 6.45) is 0.227. The maximum atomic E-state index is 4.87. The standard InChI is InChI=1S/C8H10.C7H8.C5H12O2/c1-7-5-3-4-6-8(7)2;1-7-5-3-2-4-6-7;1-5(7-3)4-6-2/h3-6H,1-2H3;2-6H,1H3;5H,4H2,1-3H3. The molecule has 0 amide bonds. The highest BCUT2D eigenvalue weighted by molar-refractivity contribution is 5.23. The van der Waals surface area contributed by atoms with Crippen LogP contribution in [-0.4, -0.2) is 26.9 Å². The van der Waals surface area contributed by atoms with Gasteiger partial charge in [0.2, 0.25) is 0 Å². The van der Waals surface area contributed by atoms with Gasteiger partial charge in [0.1, 0.15) is 0 Å². The normalized spacial score (nSPS) is 10.6. The summed E-state index contributed by atoms with van der Waals surface area (Å²) in [6.45, 7) is 8.96. The summed E-state index contributed by atoms with van der Waals surface area (Å²) in [5.41, 5.74) is 4.06. The molecule has 0 N–H and O–H groups in total. The van der Waals surface area contributed by atoms with E-state index < -0.39 is 0 Å². The Morgan fingerprint density at radius 1 is 0.773 bits per heavy atom. The van der Waals surface area contributed by atoms with Gasteiger partial charge in [-0.1, -0.05) is 60.2 Å². The Morgan fingerprint density at radius 3 is 1.45 bits per heavy atom. The van der Waals surface area contributed by atoms with E-state index in [1.54, 1.807) is 14.2 Å². The van der Waals surface area contributed by atoms with Crippen molar-refractivity contribution < 1.29 is 9.47 Å². The molecule has 2 aromatic carbocycles. The van der Waals surface area contributed by atoms with Crippen LogP contribution in [0.15, 0.2) is 54.6 Å². The number of rotatable bonds is 3. The molecule has 2 aromatic rings. The van der Waals surface area contributed by atoms with Crippen LogP contribution in [0.5, 0.6) is 0 Å². The molecule has 0 fully saturated rings. The molecule has 0 heterocycles. The van der Waals surface area contributed by atoms with Crippen LogP contribution in [0.3, 0.4) is 0 Å². The number of methoxy groups -OCH3 is 2. The van der Waals surface area contributed by atoms with Gasteiger partial charge in [-0.2, -0.15) is 0 Å². The highest BCUT2D eigenvalue weighted by Crippen LogP contribution is 2.02. The lowest BCUT2D eigenvalue weighted by atomic mass is 10.1. The fourth-order valence-electron chi connectivity index (χ4n) is 1.50. The van der Waals surface area contributed by atoms with Gasteiger partial charge >= 0.3 is 0 Å². The molecule has 2 heteroatoms. The van der Waals surface area contributed by atoms with Crippen molar-refractivity contribution in [1.29, 1.82) is 0 Å². The Labute approximate surface area is 136 Å². The molecule has 0 spiro atoms. The first-order chi connectivity index (χ1) is 10.5. The zero-order valence-electron chi connectivity index (χ0n) is 14.8. The number of benzene rings is 2. The van der Waals surface area contributed by atoms with Gasteiger partial charge in [0.25, 0.3) is 0 Å². The maximum absolute atomic E-state index is 4.87. The molecule has 2 rings (SSSR count). The molecular formula is C20H30O2. The number of aryl methyl sites for hydroxylation is 3. The van der Waals surface area contributed by atoms with E-state index in [1.807, 2.05) is 25.1 Å². The maximum Gasteiger partial charge on any atom is 0.0776 e. The lowest BCUT2D eigenvalue weighted by Gasteiger charge is -2.05. The van der Waals surface area contributed by atoms with Crippen molar-refractivity contribution in [2.24, 2.45) is 0 Å². The predicted molar refractivity (Wildman–Crippen MR) is 95.4 cm³/mol. The first-order valence-corrected chi connectivity index (χ1v) is 7.56. The van der Waals surface area contributed by atoms with E-state index in [1.165, 1.54) is 16.7 Å². The van der Waals surface area contributed by atoms with Gasteiger partial charge in [-0.05, 0) is 38.8 Å². The Morgan fingerprint density at radius 2 is 1.23 bits per heavy atom. The molecule has 1 unspecified atom stereocenters. The van der Waals surface area contributed by atoms with Crippen LogP contribution in [0.2, 0.25) is 0 Å². The summed E-state index contributed by atoms with van der Waals surface area (Å²) in [4.78, 5) is 0. The van der Waals surface area contributed by atoms with Crippen LogP contribution < -0.4 is 0 Å². The second-order valence-electron chi connectivity index (χ2n) is 5.24. The van der Waals surface area contributed by atoms with Crippen LogP contribution >= 0.6 is 0 Å². The van der Waals surface area contributed by atoms with E-state index in [2.05, 4.69) is 57.2 Å². The highest BCUT2D eigenvalue weighted by atomic mass is 16.5. The van der Waals surface area contributed by atoms with Crippen molar-refractivity contribution in [3.63, 3.8) is 0 Å². The Hall–Kier alpha value is -1.64. The van der Waals surface area contributed by atoms with E-state index in [4.69, 9.17) is 9.47 Å². The molecule has 0 bridgehead atoms. The SMILES string of the molecule is COCC(C)OC.Cc1ccccc1.Cc1ccccc1C. The second-order valence-corrected chi connectivity index (χ2v) is 5.24. The summed E-state index contributed by atoms with van der Waals surface area (Å²) < 4.78 is 9.64. The smallest absolute Gasteiger partial charge is 0.0776 e. The lowest BCUT2D eigenvalue weighted by molar-refractivity contribution is 0.0401. The van der Waals surface area contributed by atoms with E-state index in [0.717, 1.165) is 0 Å². The van der Waals surface area contributed by atoms with E-state index in [9.17, 15) is 0 Å². The average molecular weight is 302 g/mol. The van der Waals surface area contributed by atoms with Crippen LogP contribution in [0, 0.1) is 20.8 Å². The minimum absolute atomic E-state index is 0.227. The summed E-state index contributed by atoms with van der Waals surface area (Å²) in [5, 5.41) is 0. The van der Waals surface area contributed by atoms with Crippen LogP contribution in [0.25, 0.3) is 0 Å². The third kappa shape index (κ3) is 11.1. The van der Waals surface area contributed by atoms with Gasteiger partial charge < -0.3 is 9.47 Å². The molecule has 122 valence electrons. The lowest BCUT2D eigenvalue weighted by Crippen LogP contribution is -2.11. The monoisotopic (exact) mass is 302 g/mol. The van der Waals surface area contributed by atoms with E-state index >= 15 is 0 Å². The van der Waals surface area contributed by atoms with Crippen molar-refractivity contribution in [2.45, 2.75) is 33.8 Å². The minimum Gasteiger partial charge on any atom is -0.382 e. The molecular weight excluding hydrogens is 272 g/mol. The summed E-state index contributed by atoms with van der Waals surface area (Å²) in [6, 6.07) is 18.6. The first-order valence-electron chi connectivity index (χ1n) is 7.56. The van der Waals surface area contributed by atoms with Gasteiger partial charge in [-0.3, -0.25) is 0 Å². The van der Waals surface area contributed by atoms with E-state index in [0.29, 0.717) is 6.61 Å². The van der Waals surface area contributed by atoms with Crippen LogP contribution in [0.1, 0.15) is 23.6 Å². The fourth-order valence-corrected chi connectivity index (χ4v) is 1.50. The Kier molecular flexibility index (Phi) is 12.1. The molecule has 0 aliphatic rings. The van der Waals surface area contributed by atoms with Crippen LogP contribution in [-0.2, 0) is 9.47 Å². The van der Waals surface area contributed by atoms with E-state index in [-0.39, 0.29) is 6.10 Å². The van der Waals surface area contributed by atoms with Crippen molar-refractivity contribution >= 4 is 0 Å². The third-order valence-electron chi connectivity index (χ3n) is 3.17. The van der Waals surface area contributed by atoms with Crippen molar-refractivity contribution in [2.75, 3.05) is 20.8 Å². The molecule has 0 aliphatic carbocycles. The highest BCUT2D eigenvalue weighted by Gasteiger charge is 1.93. The molecule has 0 radical (unpaired) electrons. The second kappa shape index (κ2) is 13.1. The first kappa shape index (κ1) is 20.4. The summed E-state index contributed by atoms with van der Waals surface area (Å²) in [5.74, 6) is 0. The molecule has 0 saturated heterocycles. The summed E-state index contributed by atoms with van der Waals surface area (Å²) in [7, 11) is 3.33. The number of hydrogen-bond donors (Lipinski definition) is 0. The average Bonchev–Trinajstić information content (AvgIpc) is 2.52. The van der Waals surface area contributed by atoms with Crippen molar-refractivity contribution in [3.05, 3.63) is 71.3 Å². The molecule has 0 saturated carbocycles. The summed E-state index contributed by atoms with van der Waals surface area (Å²) >= 11 is 0. The zero-order chi connectivity index (χ0) is 16.8. The number of ether oxygens (including phenoxy) is 2. The molecule has 0 aromatic heterocycles. The predicted octanol–water partition coefficient (Wildman–Crippen LogP) is 4.97. The fraction of sp³-hybridized carbons (Fsp3) is 0.400. The largest absolute Gasteiger partial charge is 0.382 e. The third-order valence-corrected chi connectivity index (χ3v) is 3.17. The Bertz CT molecular complexity index is 459. The van der Waals surface area contributed by atoms with Gasteiger partial charge in [0.05, 0.1) is 12.7 Å². The van der Waals surface area contributed by atoms with Crippen molar-refractivity contribution in [3.8, 4) is 0 Å². The van der Waals surface area contributed by atoms with Gasteiger partial charge in [-0.15, -0.1) is 0 Å². The van der Waals surface area contributed by atoms with Gasteiger partial charge in [0, 0.05) is 14.2 Å². The minimum atomic E-state index is 0.227. The number of hydrogen-bond acceptors (Lipinski definition) is 2. The topological polar surface area (TPSA) is 18.5 Å². The zero-order valence-corrected chi connectivity index (χ0v) is 14.8. The molecule has 0 aliphatic heterocycles. The van der Waals surface area contributed by atoms with Gasteiger partial charge in [0.15, 0.2) is 0 Å². The molecule has 1 atom stereocenters. The quantitative estimate of drug-likeness (QED) is 0.797. The molecule has 22 heavy (non-hydrogen) atoms. The van der Waals surface area contributed by atoms with Crippen LogP contribution in [0.4, 0.5) is 0 Å². The van der Waals surface area contributed by atoms with Crippen molar-refractivity contribution in [1.82, 2.24) is 0 Å². The Balaban J connectivity index is 0.000000302. The molecule has 2 nitrogen and oxygen atoms in total.